The van der Waals surface area contributed by atoms with Gasteiger partial charge in [-0.15, -0.1) is 0 Å². The van der Waals surface area contributed by atoms with Crippen LogP contribution in [0.4, 0.5) is 0 Å². The summed E-state index contributed by atoms with van der Waals surface area (Å²) in [4.78, 5) is 28.8. The lowest BCUT2D eigenvalue weighted by Gasteiger charge is -2.41. The molecule has 5 rings (SSSR count). The molecule has 1 amide bonds. The third kappa shape index (κ3) is 5.30. The van der Waals surface area contributed by atoms with Gasteiger partial charge in [0, 0.05) is 18.5 Å². The van der Waals surface area contributed by atoms with E-state index in [1.54, 1.807) is 14.2 Å². The fourth-order valence-electron chi connectivity index (χ4n) is 5.80. The van der Waals surface area contributed by atoms with Gasteiger partial charge in [0.25, 0.3) is 0 Å². The minimum atomic E-state index is -1.09. The van der Waals surface area contributed by atoms with Crippen molar-refractivity contribution >= 4 is 11.9 Å². The molecule has 1 unspecified atom stereocenters. The van der Waals surface area contributed by atoms with E-state index in [4.69, 9.17) is 14.2 Å². The molecular formula is C35H35NO6. The number of benzene rings is 4. The highest BCUT2D eigenvalue weighted by atomic mass is 16.5. The Morgan fingerprint density at radius 2 is 1.48 bits per heavy atom. The zero-order chi connectivity index (χ0) is 29.9. The largest absolute Gasteiger partial charge is 0.496 e. The molecule has 0 saturated heterocycles. The van der Waals surface area contributed by atoms with Gasteiger partial charge >= 0.3 is 5.97 Å². The molecule has 42 heavy (non-hydrogen) atoms. The van der Waals surface area contributed by atoms with Crippen LogP contribution in [0.25, 0.3) is 0 Å². The second kappa shape index (κ2) is 12.0. The van der Waals surface area contributed by atoms with Crippen molar-refractivity contribution in [3.05, 3.63) is 124 Å². The highest BCUT2D eigenvalue weighted by Crippen LogP contribution is 2.41. The van der Waals surface area contributed by atoms with Crippen molar-refractivity contribution in [3.63, 3.8) is 0 Å². The number of aliphatic carboxylic acids is 1. The number of carboxylic acids is 1. The van der Waals surface area contributed by atoms with Crippen molar-refractivity contribution < 1.29 is 28.9 Å². The van der Waals surface area contributed by atoms with Crippen LogP contribution in [0.1, 0.15) is 40.3 Å². The first-order chi connectivity index (χ1) is 20.3. The standard InChI is InChI=1S/C35H35NO6/c1-23-19-24(15-17-30(23)40-3)22-42-32-28-20-29(33(37)38)36(21-25(28)16-18-31(32)41-4)34(39)35(2,26-11-7-5-8-12-26)27-13-9-6-10-14-27/h5-19,29H,20-22H2,1-4H3,(H,37,38). The zero-order valence-electron chi connectivity index (χ0n) is 24.3. The van der Waals surface area contributed by atoms with Gasteiger partial charge in [-0.25, -0.2) is 4.79 Å². The number of hydrogen-bond donors (Lipinski definition) is 1. The highest BCUT2D eigenvalue weighted by Gasteiger charge is 2.46. The molecule has 0 bridgehead atoms. The van der Waals surface area contributed by atoms with Gasteiger partial charge in [-0.3, -0.25) is 4.79 Å². The molecule has 1 atom stereocenters. The quantitative estimate of drug-likeness (QED) is 0.271. The van der Waals surface area contributed by atoms with Crippen molar-refractivity contribution in [3.8, 4) is 17.2 Å². The summed E-state index contributed by atoms with van der Waals surface area (Å²) in [7, 11) is 3.19. The molecule has 1 heterocycles. The zero-order valence-corrected chi connectivity index (χ0v) is 24.3. The van der Waals surface area contributed by atoms with Gasteiger partial charge in [0.2, 0.25) is 5.91 Å². The molecule has 0 saturated carbocycles. The van der Waals surface area contributed by atoms with Crippen molar-refractivity contribution in [1.29, 1.82) is 0 Å². The average Bonchev–Trinajstić information content (AvgIpc) is 3.03. The van der Waals surface area contributed by atoms with Crippen molar-refractivity contribution in [1.82, 2.24) is 4.90 Å². The molecule has 1 aliphatic rings. The minimum Gasteiger partial charge on any atom is -0.496 e. The lowest BCUT2D eigenvalue weighted by molar-refractivity contribution is -0.153. The number of ether oxygens (including phenoxy) is 3. The molecule has 4 aromatic rings. The summed E-state index contributed by atoms with van der Waals surface area (Å²) in [6.07, 6.45) is 0.0875. The van der Waals surface area contributed by atoms with E-state index in [1.807, 2.05) is 105 Å². The molecule has 1 aliphatic heterocycles. The highest BCUT2D eigenvalue weighted by molar-refractivity contribution is 5.95. The monoisotopic (exact) mass is 565 g/mol. The summed E-state index contributed by atoms with van der Waals surface area (Å²) in [5.74, 6) is 0.458. The summed E-state index contributed by atoms with van der Waals surface area (Å²) >= 11 is 0. The van der Waals surface area contributed by atoms with Crippen LogP contribution in [0.3, 0.4) is 0 Å². The Bertz CT molecular complexity index is 1540. The first kappa shape index (κ1) is 28.7. The van der Waals surface area contributed by atoms with E-state index in [9.17, 15) is 14.7 Å². The Morgan fingerprint density at radius 1 is 0.881 bits per heavy atom. The molecule has 0 aromatic heterocycles. The van der Waals surface area contributed by atoms with Crippen molar-refractivity contribution in [2.45, 2.75) is 44.9 Å². The molecule has 7 heteroatoms. The fourth-order valence-corrected chi connectivity index (χ4v) is 5.80. The van der Waals surface area contributed by atoms with Crippen LogP contribution < -0.4 is 14.2 Å². The molecule has 0 spiro atoms. The van der Waals surface area contributed by atoms with Crippen LogP contribution in [0, 0.1) is 6.92 Å². The first-order valence-corrected chi connectivity index (χ1v) is 13.9. The number of hydrogen-bond acceptors (Lipinski definition) is 5. The van der Waals surface area contributed by atoms with E-state index in [0.29, 0.717) is 11.5 Å². The number of rotatable bonds is 9. The Morgan fingerprint density at radius 3 is 2.02 bits per heavy atom. The maximum absolute atomic E-state index is 14.5. The topological polar surface area (TPSA) is 85.3 Å². The number of nitrogens with zero attached hydrogens (tertiary/aromatic N) is 1. The molecule has 0 aliphatic carbocycles. The maximum Gasteiger partial charge on any atom is 0.326 e. The summed E-state index contributed by atoms with van der Waals surface area (Å²) in [6, 6.07) is 27.5. The van der Waals surface area contributed by atoms with Crippen LogP contribution in [0.2, 0.25) is 0 Å². The summed E-state index contributed by atoms with van der Waals surface area (Å²) in [6.45, 7) is 4.23. The number of carbonyl (C=O) groups excluding carboxylic acids is 1. The van der Waals surface area contributed by atoms with Gasteiger partial charge in [-0.2, -0.15) is 0 Å². The molecular weight excluding hydrogens is 530 g/mol. The maximum atomic E-state index is 14.5. The number of carbonyl (C=O) groups is 2. The van der Waals surface area contributed by atoms with Gasteiger partial charge in [0.15, 0.2) is 11.5 Å². The summed E-state index contributed by atoms with van der Waals surface area (Å²) in [5, 5.41) is 10.4. The van der Waals surface area contributed by atoms with Crippen LogP contribution in [-0.4, -0.2) is 42.1 Å². The van der Waals surface area contributed by atoms with Crippen molar-refractivity contribution in [2.24, 2.45) is 0 Å². The van der Waals surface area contributed by atoms with Gasteiger partial charge in [-0.1, -0.05) is 72.8 Å². The molecule has 7 nitrogen and oxygen atoms in total. The average molecular weight is 566 g/mol. The Kier molecular flexibility index (Phi) is 8.20. The van der Waals surface area contributed by atoms with E-state index < -0.39 is 17.4 Å². The molecule has 0 radical (unpaired) electrons. The summed E-state index contributed by atoms with van der Waals surface area (Å²) in [5.41, 5.74) is 3.99. The lowest BCUT2D eigenvalue weighted by Crippen LogP contribution is -2.55. The van der Waals surface area contributed by atoms with Gasteiger partial charge in [0.1, 0.15) is 18.4 Å². The Hall–Kier alpha value is -4.78. The Balaban J connectivity index is 1.52. The fraction of sp³-hybridized carbons (Fsp3) is 0.257. The minimum absolute atomic E-state index is 0.0875. The van der Waals surface area contributed by atoms with Crippen LogP contribution in [-0.2, 0) is 34.6 Å². The predicted octanol–water partition coefficient (Wildman–Crippen LogP) is 5.94. The second-order valence-corrected chi connectivity index (χ2v) is 10.7. The third-order valence-corrected chi connectivity index (χ3v) is 8.17. The first-order valence-electron chi connectivity index (χ1n) is 13.9. The summed E-state index contributed by atoms with van der Waals surface area (Å²) < 4.78 is 17.3. The van der Waals surface area contributed by atoms with Gasteiger partial charge in [0.05, 0.1) is 19.6 Å². The number of carboxylic acid groups (broad SMARTS) is 1. The van der Waals surface area contributed by atoms with Crippen LogP contribution in [0.15, 0.2) is 91.0 Å². The number of aryl methyl sites for hydroxylation is 1. The predicted molar refractivity (Wildman–Crippen MR) is 160 cm³/mol. The van der Waals surface area contributed by atoms with E-state index in [-0.39, 0.29) is 25.5 Å². The normalized spacial score (nSPS) is 14.6. The molecule has 1 N–H and O–H groups in total. The number of fused-ring (bicyclic) bond motifs is 1. The van der Waals surface area contributed by atoms with Crippen LogP contribution in [0.5, 0.6) is 17.2 Å². The number of methoxy groups -OCH3 is 2. The Labute approximate surface area is 246 Å². The van der Waals surface area contributed by atoms with E-state index in [1.165, 1.54) is 4.90 Å². The van der Waals surface area contributed by atoms with E-state index >= 15 is 0 Å². The van der Waals surface area contributed by atoms with Gasteiger partial charge < -0.3 is 24.2 Å². The van der Waals surface area contributed by atoms with E-state index in [2.05, 4.69) is 0 Å². The number of amides is 1. The van der Waals surface area contributed by atoms with Crippen molar-refractivity contribution in [2.75, 3.05) is 14.2 Å². The smallest absolute Gasteiger partial charge is 0.326 e. The molecule has 4 aromatic carbocycles. The lowest BCUT2D eigenvalue weighted by atomic mass is 9.74. The van der Waals surface area contributed by atoms with Crippen LogP contribution >= 0.6 is 0 Å². The van der Waals surface area contributed by atoms with Gasteiger partial charge in [-0.05, 0) is 59.9 Å². The molecule has 0 fully saturated rings. The van der Waals surface area contributed by atoms with E-state index in [0.717, 1.165) is 39.1 Å². The third-order valence-electron chi connectivity index (χ3n) is 8.17. The second-order valence-electron chi connectivity index (χ2n) is 10.7. The molecule has 216 valence electrons. The SMILES string of the molecule is COc1ccc(COc2c(OC)ccc3c2CC(C(=O)O)N(C(=O)C(C)(c2ccccc2)c2ccccc2)C3)cc1C.